The minimum absolute atomic E-state index is 0. The molecule has 0 aromatic heterocycles. The number of hydrogen-bond donors (Lipinski definition) is 2. The topological polar surface area (TPSA) is 61.4 Å². The van der Waals surface area contributed by atoms with Gasteiger partial charge in [0.15, 0.2) is 0 Å². The predicted molar refractivity (Wildman–Crippen MR) is 102 cm³/mol. The van der Waals surface area contributed by atoms with E-state index in [9.17, 15) is 14.0 Å². The SMILES string of the molecule is CC(C)C(=O)N1CCC(C(=O)Nc2ccc3c(c2F)CCNC3)CC1.Cl. The Morgan fingerprint density at radius 3 is 2.62 bits per heavy atom. The second kappa shape index (κ2) is 8.82. The van der Waals surface area contributed by atoms with Crippen molar-refractivity contribution in [3.8, 4) is 0 Å². The van der Waals surface area contributed by atoms with E-state index in [0.29, 0.717) is 44.5 Å². The summed E-state index contributed by atoms with van der Waals surface area (Å²) in [6.45, 7) is 6.37. The summed E-state index contributed by atoms with van der Waals surface area (Å²) in [6, 6.07) is 3.53. The Labute approximate surface area is 160 Å². The van der Waals surface area contributed by atoms with Crippen LogP contribution < -0.4 is 10.6 Å². The molecule has 7 heteroatoms. The van der Waals surface area contributed by atoms with Crippen molar-refractivity contribution in [1.29, 1.82) is 0 Å². The van der Waals surface area contributed by atoms with Gasteiger partial charge in [0.1, 0.15) is 5.82 Å². The van der Waals surface area contributed by atoms with Gasteiger partial charge in [-0.25, -0.2) is 4.39 Å². The molecule has 0 unspecified atom stereocenters. The number of likely N-dealkylation sites (tertiary alicyclic amines) is 1. The molecule has 5 nitrogen and oxygen atoms in total. The van der Waals surface area contributed by atoms with Crippen molar-refractivity contribution in [1.82, 2.24) is 10.2 Å². The van der Waals surface area contributed by atoms with Crippen molar-refractivity contribution in [2.24, 2.45) is 11.8 Å². The van der Waals surface area contributed by atoms with Crippen molar-refractivity contribution in [2.45, 2.75) is 39.7 Å². The van der Waals surface area contributed by atoms with E-state index >= 15 is 0 Å². The average molecular weight is 384 g/mol. The number of rotatable bonds is 3. The van der Waals surface area contributed by atoms with E-state index in [4.69, 9.17) is 0 Å². The fraction of sp³-hybridized carbons (Fsp3) is 0.579. The lowest BCUT2D eigenvalue weighted by atomic mass is 9.94. The second-order valence-electron chi connectivity index (χ2n) is 7.24. The molecule has 1 fully saturated rings. The summed E-state index contributed by atoms with van der Waals surface area (Å²) in [7, 11) is 0. The number of amides is 2. The lowest BCUT2D eigenvalue weighted by Crippen LogP contribution is -2.43. The number of carbonyl (C=O) groups excluding carboxylic acids is 2. The lowest BCUT2D eigenvalue weighted by molar-refractivity contribution is -0.137. The molecule has 2 N–H and O–H groups in total. The van der Waals surface area contributed by atoms with Gasteiger partial charge < -0.3 is 15.5 Å². The highest BCUT2D eigenvalue weighted by molar-refractivity contribution is 5.93. The molecule has 2 heterocycles. The van der Waals surface area contributed by atoms with Crippen LogP contribution >= 0.6 is 12.4 Å². The van der Waals surface area contributed by atoms with Crippen LogP contribution in [0.5, 0.6) is 0 Å². The molecule has 2 aliphatic heterocycles. The number of fused-ring (bicyclic) bond motifs is 1. The number of anilines is 1. The lowest BCUT2D eigenvalue weighted by Gasteiger charge is -2.32. The van der Waals surface area contributed by atoms with Gasteiger partial charge in [-0.15, -0.1) is 12.4 Å². The number of carbonyl (C=O) groups is 2. The normalized spacial score (nSPS) is 17.5. The summed E-state index contributed by atoms with van der Waals surface area (Å²) in [4.78, 5) is 26.3. The Bertz CT molecular complexity index is 673. The third kappa shape index (κ3) is 4.35. The van der Waals surface area contributed by atoms with Gasteiger partial charge in [-0.2, -0.15) is 0 Å². The van der Waals surface area contributed by atoms with Gasteiger partial charge in [0.05, 0.1) is 5.69 Å². The standard InChI is InChI=1S/C19H26FN3O2.ClH/c1-12(2)19(25)23-9-6-13(7-10-23)18(24)22-16-4-3-14-11-21-8-5-15(14)17(16)20;/h3-4,12-13,21H,5-11H2,1-2H3,(H,22,24);1H. The molecule has 1 saturated heterocycles. The molecule has 2 aliphatic rings. The first-order chi connectivity index (χ1) is 12.0. The maximum Gasteiger partial charge on any atom is 0.227 e. The Morgan fingerprint density at radius 1 is 1.27 bits per heavy atom. The van der Waals surface area contributed by atoms with Gasteiger partial charge in [0.25, 0.3) is 0 Å². The maximum absolute atomic E-state index is 14.6. The summed E-state index contributed by atoms with van der Waals surface area (Å²) in [5, 5.41) is 5.97. The first kappa shape index (κ1) is 20.6. The van der Waals surface area contributed by atoms with Gasteiger partial charge in [-0.1, -0.05) is 19.9 Å². The summed E-state index contributed by atoms with van der Waals surface area (Å²) in [6.07, 6.45) is 1.89. The highest BCUT2D eigenvalue weighted by Gasteiger charge is 2.29. The van der Waals surface area contributed by atoms with Crippen LogP contribution in [0.1, 0.15) is 37.8 Å². The van der Waals surface area contributed by atoms with Gasteiger partial charge in [0, 0.05) is 31.5 Å². The highest BCUT2D eigenvalue weighted by atomic mass is 35.5. The minimum Gasteiger partial charge on any atom is -0.342 e. The Hall–Kier alpha value is -1.66. The molecule has 144 valence electrons. The molecule has 0 spiro atoms. The van der Waals surface area contributed by atoms with Crippen LogP contribution in [0.25, 0.3) is 0 Å². The summed E-state index contributed by atoms with van der Waals surface area (Å²) < 4.78 is 14.6. The second-order valence-corrected chi connectivity index (χ2v) is 7.24. The summed E-state index contributed by atoms with van der Waals surface area (Å²) >= 11 is 0. The number of nitrogens with one attached hydrogen (secondary N) is 2. The third-order valence-corrected chi connectivity index (χ3v) is 5.14. The van der Waals surface area contributed by atoms with Crippen LogP contribution in [-0.4, -0.2) is 36.3 Å². The van der Waals surface area contributed by atoms with E-state index < -0.39 is 0 Å². The van der Waals surface area contributed by atoms with Crippen LogP contribution in [0, 0.1) is 17.7 Å². The van der Waals surface area contributed by atoms with Crippen molar-refractivity contribution in [3.63, 3.8) is 0 Å². The molecule has 1 aromatic carbocycles. The van der Waals surface area contributed by atoms with Crippen molar-refractivity contribution in [3.05, 3.63) is 29.1 Å². The highest BCUT2D eigenvalue weighted by Crippen LogP contribution is 2.26. The molecular formula is C19H27ClFN3O2. The fourth-order valence-electron chi connectivity index (χ4n) is 3.59. The molecule has 0 atom stereocenters. The van der Waals surface area contributed by atoms with Crippen molar-refractivity contribution < 1.29 is 14.0 Å². The molecule has 0 radical (unpaired) electrons. The minimum atomic E-state index is -0.306. The first-order valence-electron chi connectivity index (χ1n) is 9.08. The smallest absolute Gasteiger partial charge is 0.227 e. The Kier molecular flexibility index (Phi) is 7.01. The number of piperidine rings is 1. The zero-order valence-electron chi connectivity index (χ0n) is 15.3. The molecular weight excluding hydrogens is 357 g/mol. The van der Waals surface area contributed by atoms with Crippen LogP contribution in [0.4, 0.5) is 10.1 Å². The molecule has 0 saturated carbocycles. The first-order valence-corrected chi connectivity index (χ1v) is 9.08. The van der Waals surface area contributed by atoms with Crippen LogP contribution in [0.3, 0.4) is 0 Å². The monoisotopic (exact) mass is 383 g/mol. The van der Waals surface area contributed by atoms with E-state index in [-0.39, 0.29) is 47.6 Å². The number of benzene rings is 1. The van der Waals surface area contributed by atoms with E-state index in [0.717, 1.165) is 12.1 Å². The van der Waals surface area contributed by atoms with E-state index in [1.165, 1.54) is 0 Å². The van der Waals surface area contributed by atoms with Crippen molar-refractivity contribution >= 4 is 29.9 Å². The average Bonchev–Trinajstić information content (AvgIpc) is 2.63. The van der Waals surface area contributed by atoms with Gasteiger partial charge in [-0.3, -0.25) is 9.59 Å². The maximum atomic E-state index is 14.6. The van der Waals surface area contributed by atoms with Crippen LogP contribution in [0.2, 0.25) is 0 Å². The van der Waals surface area contributed by atoms with E-state index in [1.807, 2.05) is 24.8 Å². The summed E-state index contributed by atoms with van der Waals surface area (Å²) in [5.74, 6) is -0.518. The summed E-state index contributed by atoms with van der Waals surface area (Å²) in [5.41, 5.74) is 1.93. The largest absolute Gasteiger partial charge is 0.342 e. The molecule has 3 rings (SSSR count). The Balaban J connectivity index is 0.00000243. The zero-order chi connectivity index (χ0) is 18.0. The van der Waals surface area contributed by atoms with Crippen LogP contribution in [0.15, 0.2) is 12.1 Å². The number of nitrogens with zero attached hydrogens (tertiary/aromatic N) is 1. The van der Waals surface area contributed by atoms with Gasteiger partial charge in [0.2, 0.25) is 11.8 Å². The zero-order valence-corrected chi connectivity index (χ0v) is 16.1. The predicted octanol–water partition coefficient (Wildman–Crippen LogP) is 2.73. The molecule has 2 amide bonds. The van der Waals surface area contributed by atoms with Crippen molar-refractivity contribution in [2.75, 3.05) is 25.0 Å². The third-order valence-electron chi connectivity index (χ3n) is 5.14. The number of hydrogen-bond acceptors (Lipinski definition) is 3. The Morgan fingerprint density at radius 2 is 1.96 bits per heavy atom. The molecule has 26 heavy (non-hydrogen) atoms. The molecule has 1 aromatic rings. The van der Waals surface area contributed by atoms with Gasteiger partial charge >= 0.3 is 0 Å². The molecule has 0 aliphatic carbocycles. The van der Waals surface area contributed by atoms with Crippen LogP contribution in [-0.2, 0) is 22.6 Å². The van der Waals surface area contributed by atoms with Gasteiger partial charge in [-0.05, 0) is 43.0 Å². The van der Waals surface area contributed by atoms with E-state index in [1.54, 1.807) is 6.07 Å². The quantitative estimate of drug-likeness (QED) is 0.843. The van der Waals surface area contributed by atoms with E-state index in [2.05, 4.69) is 10.6 Å². The number of halogens is 2. The fourth-order valence-corrected chi connectivity index (χ4v) is 3.59. The molecule has 0 bridgehead atoms.